The number of pyridine rings is 1. The molecule has 1 aliphatic heterocycles. The van der Waals surface area contributed by atoms with Crippen molar-refractivity contribution in [2.24, 2.45) is 0 Å². The Kier molecular flexibility index (Phi) is 5.60. The number of allylic oxidation sites excluding steroid dienone is 1. The summed E-state index contributed by atoms with van der Waals surface area (Å²) in [4.78, 5) is 13.0. The number of ether oxygens (including phenoxy) is 2. The molecule has 1 aromatic heterocycles. The van der Waals surface area contributed by atoms with Gasteiger partial charge in [-0.15, -0.1) is 0 Å². The fourth-order valence-corrected chi connectivity index (χ4v) is 3.65. The molecule has 4 rings (SSSR count). The molecule has 5 nitrogen and oxygen atoms in total. The molecule has 0 amide bonds. The van der Waals surface area contributed by atoms with Gasteiger partial charge >= 0.3 is 0 Å². The van der Waals surface area contributed by atoms with E-state index in [9.17, 15) is 4.79 Å². The predicted octanol–water partition coefficient (Wildman–Crippen LogP) is 3.99. The van der Waals surface area contributed by atoms with E-state index in [1.807, 2.05) is 55.5 Å². The highest BCUT2D eigenvalue weighted by atomic mass is 35.5. The zero-order valence-electron chi connectivity index (χ0n) is 16.3. The van der Waals surface area contributed by atoms with Crippen LogP contribution in [0.15, 0.2) is 64.9 Å². The molecule has 1 atom stereocenters. The van der Waals surface area contributed by atoms with Crippen molar-refractivity contribution < 1.29 is 9.47 Å². The number of rotatable bonds is 6. The van der Waals surface area contributed by atoms with Gasteiger partial charge in [-0.1, -0.05) is 42.4 Å². The molecule has 2 heterocycles. The van der Waals surface area contributed by atoms with Crippen LogP contribution in [0.25, 0.3) is 10.9 Å². The Morgan fingerprint density at radius 2 is 2.03 bits per heavy atom. The summed E-state index contributed by atoms with van der Waals surface area (Å²) in [5, 5.41) is 4.74. The van der Waals surface area contributed by atoms with E-state index in [1.165, 1.54) is 0 Å². The second-order valence-corrected chi connectivity index (χ2v) is 7.80. The molecule has 0 aliphatic carbocycles. The van der Waals surface area contributed by atoms with Crippen LogP contribution in [0.2, 0.25) is 0 Å². The van der Waals surface area contributed by atoms with E-state index in [0.717, 1.165) is 28.0 Å². The monoisotopic (exact) mass is 410 g/mol. The minimum atomic E-state index is -0.113. The SMILES string of the molecule is C=C(Cl)Cn1c(=O)c(CNC[C@@H]2COc3ccccc3O2)cc2ccc(C)cc21. The van der Waals surface area contributed by atoms with Gasteiger partial charge in [0.05, 0.1) is 12.1 Å². The molecule has 0 spiro atoms. The molecule has 29 heavy (non-hydrogen) atoms. The number of nitrogens with zero attached hydrogens (tertiary/aromatic N) is 1. The second-order valence-electron chi connectivity index (χ2n) is 7.27. The topological polar surface area (TPSA) is 52.5 Å². The quantitative estimate of drug-likeness (QED) is 0.667. The van der Waals surface area contributed by atoms with E-state index in [2.05, 4.69) is 11.9 Å². The first-order valence-electron chi connectivity index (χ1n) is 9.57. The van der Waals surface area contributed by atoms with Crippen LogP contribution < -0.4 is 20.3 Å². The average molecular weight is 411 g/mol. The Bertz CT molecular complexity index is 1120. The van der Waals surface area contributed by atoms with E-state index >= 15 is 0 Å². The lowest BCUT2D eigenvalue weighted by Gasteiger charge is -2.26. The van der Waals surface area contributed by atoms with E-state index in [-0.39, 0.29) is 18.2 Å². The third kappa shape index (κ3) is 4.31. The molecule has 3 aromatic rings. The second kappa shape index (κ2) is 8.31. The zero-order chi connectivity index (χ0) is 20.4. The number of hydrogen-bond donors (Lipinski definition) is 1. The van der Waals surface area contributed by atoms with Gasteiger partial charge in [0.15, 0.2) is 11.5 Å². The van der Waals surface area contributed by atoms with E-state index in [4.69, 9.17) is 21.1 Å². The molecule has 0 fully saturated rings. The van der Waals surface area contributed by atoms with Crippen LogP contribution in [0, 0.1) is 6.92 Å². The summed E-state index contributed by atoms with van der Waals surface area (Å²) in [7, 11) is 0. The molecular weight excluding hydrogens is 388 g/mol. The van der Waals surface area contributed by atoms with Crippen molar-refractivity contribution in [2.45, 2.75) is 26.1 Å². The van der Waals surface area contributed by atoms with Gasteiger partial charge in [0.25, 0.3) is 5.56 Å². The number of aryl methyl sites for hydroxylation is 1. The molecule has 6 heteroatoms. The summed E-state index contributed by atoms with van der Waals surface area (Å²) in [6.07, 6.45) is -0.113. The molecule has 0 bridgehead atoms. The molecule has 1 aliphatic rings. The van der Waals surface area contributed by atoms with Crippen molar-refractivity contribution >= 4 is 22.5 Å². The van der Waals surface area contributed by atoms with Crippen LogP contribution in [0.5, 0.6) is 11.5 Å². The van der Waals surface area contributed by atoms with Gasteiger partial charge in [-0.05, 0) is 42.1 Å². The smallest absolute Gasteiger partial charge is 0.255 e. The van der Waals surface area contributed by atoms with Crippen molar-refractivity contribution in [1.29, 1.82) is 0 Å². The van der Waals surface area contributed by atoms with Crippen LogP contribution in [-0.2, 0) is 13.1 Å². The fourth-order valence-electron chi connectivity index (χ4n) is 3.53. The Morgan fingerprint density at radius 3 is 2.83 bits per heavy atom. The molecule has 0 saturated heterocycles. The lowest BCUT2D eigenvalue weighted by atomic mass is 10.1. The van der Waals surface area contributed by atoms with Crippen molar-refractivity contribution in [1.82, 2.24) is 9.88 Å². The summed E-state index contributed by atoms with van der Waals surface area (Å²) in [5.74, 6) is 1.51. The van der Waals surface area contributed by atoms with Gasteiger partial charge < -0.3 is 19.4 Å². The Balaban J connectivity index is 1.51. The summed E-state index contributed by atoms with van der Waals surface area (Å²) < 4.78 is 13.4. The largest absolute Gasteiger partial charge is 0.486 e. The Hall–Kier alpha value is -2.76. The number of fused-ring (bicyclic) bond motifs is 2. The number of benzene rings is 2. The number of nitrogens with one attached hydrogen (secondary N) is 1. The molecule has 0 radical (unpaired) electrons. The third-order valence-electron chi connectivity index (χ3n) is 4.91. The first-order valence-corrected chi connectivity index (χ1v) is 9.94. The van der Waals surface area contributed by atoms with Gasteiger partial charge in [-0.2, -0.15) is 0 Å². The maximum Gasteiger partial charge on any atom is 0.255 e. The summed E-state index contributed by atoms with van der Waals surface area (Å²) in [6, 6.07) is 15.6. The average Bonchev–Trinajstić information content (AvgIpc) is 2.71. The van der Waals surface area contributed by atoms with Crippen molar-refractivity contribution in [3.63, 3.8) is 0 Å². The summed E-state index contributed by atoms with van der Waals surface area (Å²) >= 11 is 6.02. The fraction of sp³-hybridized carbons (Fsp3) is 0.261. The van der Waals surface area contributed by atoms with Crippen molar-refractivity contribution in [3.05, 3.63) is 81.6 Å². The summed E-state index contributed by atoms with van der Waals surface area (Å²) in [5.41, 5.74) is 2.56. The maximum atomic E-state index is 13.0. The van der Waals surface area contributed by atoms with Gasteiger partial charge in [0, 0.05) is 23.7 Å². The van der Waals surface area contributed by atoms with Gasteiger partial charge in [0.2, 0.25) is 0 Å². The Labute approximate surface area is 174 Å². The minimum absolute atomic E-state index is 0.0661. The van der Waals surface area contributed by atoms with E-state index in [0.29, 0.717) is 30.3 Å². The maximum absolute atomic E-state index is 13.0. The number of aromatic nitrogens is 1. The number of hydrogen-bond acceptors (Lipinski definition) is 4. The minimum Gasteiger partial charge on any atom is -0.486 e. The summed E-state index contributed by atoms with van der Waals surface area (Å²) in [6.45, 7) is 7.51. The van der Waals surface area contributed by atoms with Gasteiger partial charge in [-0.3, -0.25) is 4.79 Å². The predicted molar refractivity (Wildman–Crippen MR) is 116 cm³/mol. The van der Waals surface area contributed by atoms with Gasteiger partial charge in [-0.25, -0.2) is 0 Å². The highest BCUT2D eigenvalue weighted by Crippen LogP contribution is 2.30. The van der Waals surface area contributed by atoms with Crippen molar-refractivity contribution in [3.8, 4) is 11.5 Å². The molecular formula is C23H23ClN2O3. The highest BCUT2D eigenvalue weighted by molar-refractivity contribution is 6.29. The first kappa shape index (κ1) is 19.6. The van der Waals surface area contributed by atoms with Crippen LogP contribution in [0.4, 0.5) is 0 Å². The Morgan fingerprint density at radius 1 is 1.24 bits per heavy atom. The lowest BCUT2D eigenvalue weighted by Crippen LogP contribution is -2.39. The van der Waals surface area contributed by atoms with Crippen LogP contribution in [0.1, 0.15) is 11.1 Å². The molecule has 2 aromatic carbocycles. The van der Waals surface area contributed by atoms with Gasteiger partial charge in [0.1, 0.15) is 12.7 Å². The van der Waals surface area contributed by atoms with E-state index in [1.54, 1.807) is 4.57 Å². The number of para-hydroxylation sites is 2. The van der Waals surface area contributed by atoms with Crippen LogP contribution in [0.3, 0.4) is 0 Å². The molecule has 0 saturated carbocycles. The molecule has 1 N–H and O–H groups in total. The normalized spacial score (nSPS) is 15.4. The highest BCUT2D eigenvalue weighted by Gasteiger charge is 2.20. The van der Waals surface area contributed by atoms with Crippen LogP contribution >= 0.6 is 11.6 Å². The number of halogens is 1. The standard InChI is InChI=1S/C23H23ClN2O3/c1-15-7-8-17-10-18(23(27)26(13-16(2)24)20(17)9-15)11-25-12-19-14-28-21-5-3-4-6-22(21)29-19/h3-10,19,25H,2,11-14H2,1H3/t19-/m1/s1. The van der Waals surface area contributed by atoms with E-state index < -0.39 is 0 Å². The van der Waals surface area contributed by atoms with Crippen LogP contribution in [-0.4, -0.2) is 23.8 Å². The first-order chi connectivity index (χ1) is 14.0. The third-order valence-corrected chi connectivity index (χ3v) is 5.03. The molecule has 150 valence electrons. The van der Waals surface area contributed by atoms with Crippen molar-refractivity contribution in [2.75, 3.05) is 13.2 Å². The molecule has 0 unspecified atom stereocenters. The zero-order valence-corrected chi connectivity index (χ0v) is 17.0. The lowest BCUT2D eigenvalue weighted by molar-refractivity contribution is 0.0902.